The predicted molar refractivity (Wildman–Crippen MR) is 56.5 cm³/mol. The van der Waals surface area contributed by atoms with Gasteiger partial charge in [0, 0.05) is 6.07 Å². The maximum absolute atomic E-state index is 12.8. The minimum absolute atomic E-state index is 0.467. The highest BCUT2D eigenvalue weighted by atomic mass is 19.1. The topological polar surface area (TPSA) is 0 Å². The lowest BCUT2D eigenvalue weighted by molar-refractivity contribution is 0.569. The van der Waals surface area contributed by atoms with Gasteiger partial charge in [-0.05, 0) is 37.5 Å². The van der Waals surface area contributed by atoms with E-state index in [1.54, 1.807) is 20.8 Å². The quantitative estimate of drug-likeness (QED) is 0.585. The molecule has 0 saturated heterocycles. The zero-order valence-corrected chi connectivity index (χ0v) is 9.54. The van der Waals surface area contributed by atoms with E-state index in [4.69, 9.17) is 0 Å². The van der Waals surface area contributed by atoms with Crippen molar-refractivity contribution < 1.29 is 8.78 Å². The van der Waals surface area contributed by atoms with Crippen LogP contribution < -0.4 is 0 Å². The van der Waals surface area contributed by atoms with Crippen LogP contribution in [0.1, 0.15) is 37.0 Å². The molecule has 14 heavy (non-hydrogen) atoms. The van der Waals surface area contributed by atoms with Gasteiger partial charge < -0.3 is 0 Å². The monoisotopic (exact) mass is 200 g/mol. The van der Waals surface area contributed by atoms with Crippen molar-refractivity contribution in [1.82, 2.24) is 0 Å². The van der Waals surface area contributed by atoms with Crippen LogP contribution in [0.25, 0.3) is 0 Å². The smallest absolute Gasteiger partial charge is 0.129 e. The van der Waals surface area contributed by atoms with Crippen LogP contribution in [-0.4, -0.2) is 0 Å². The van der Waals surface area contributed by atoms with Crippen LogP contribution in [0, 0.1) is 32.4 Å². The first-order valence-corrected chi connectivity index (χ1v) is 4.87. The van der Waals surface area contributed by atoms with E-state index in [0.29, 0.717) is 16.7 Å². The van der Waals surface area contributed by atoms with Gasteiger partial charge in [-0.25, -0.2) is 8.78 Å². The third-order valence-electron chi connectivity index (χ3n) is 2.09. The number of hydrogen-bond acceptors (Lipinski definition) is 0. The highest BCUT2D eigenvalue weighted by molar-refractivity contribution is 5.34. The Balaban J connectivity index is 0.000000500. The molecule has 1 aromatic carbocycles. The molecule has 1 rings (SSSR count). The van der Waals surface area contributed by atoms with E-state index in [2.05, 4.69) is 13.8 Å². The molecule has 0 N–H and O–H groups in total. The van der Waals surface area contributed by atoms with Gasteiger partial charge in [0.25, 0.3) is 0 Å². The average molecular weight is 200 g/mol. The predicted octanol–water partition coefficient (Wildman–Crippen LogP) is 4.31. The molecular formula is C12H18F2. The molecule has 0 fully saturated rings. The zero-order valence-electron chi connectivity index (χ0n) is 9.54. The van der Waals surface area contributed by atoms with Gasteiger partial charge in [0.2, 0.25) is 0 Å². The Morgan fingerprint density at radius 3 is 1.43 bits per heavy atom. The number of hydrogen-bond donors (Lipinski definition) is 0. The molecule has 2 heteroatoms. The second kappa shape index (κ2) is 5.74. The van der Waals surface area contributed by atoms with E-state index in [9.17, 15) is 8.78 Å². The molecule has 0 radical (unpaired) electrons. The maximum Gasteiger partial charge on any atom is 0.129 e. The normalized spacial score (nSPS) is 9.36. The molecule has 1 aromatic rings. The maximum atomic E-state index is 12.8. The molecule has 80 valence electrons. The van der Waals surface area contributed by atoms with Crippen molar-refractivity contribution in [3.63, 3.8) is 0 Å². The fourth-order valence-corrected chi connectivity index (χ4v) is 0.967. The summed E-state index contributed by atoms with van der Waals surface area (Å²) in [6, 6.07) is 0.928. The van der Waals surface area contributed by atoms with Crippen LogP contribution in [0.5, 0.6) is 0 Å². The Labute approximate surface area is 85.0 Å². The van der Waals surface area contributed by atoms with Crippen molar-refractivity contribution >= 4 is 0 Å². The Morgan fingerprint density at radius 2 is 1.14 bits per heavy atom. The number of rotatable bonds is 0. The van der Waals surface area contributed by atoms with Gasteiger partial charge in [-0.3, -0.25) is 0 Å². The molecule has 0 aliphatic heterocycles. The van der Waals surface area contributed by atoms with Gasteiger partial charge in [-0.1, -0.05) is 20.3 Å². The molecule has 0 unspecified atom stereocenters. The van der Waals surface area contributed by atoms with Gasteiger partial charge in [-0.2, -0.15) is 0 Å². The fourth-order valence-electron chi connectivity index (χ4n) is 0.967. The molecule has 0 nitrogen and oxygen atoms in total. The van der Waals surface area contributed by atoms with Crippen LogP contribution in [-0.2, 0) is 0 Å². The lowest BCUT2D eigenvalue weighted by Gasteiger charge is -2.05. The highest BCUT2D eigenvalue weighted by Crippen LogP contribution is 2.18. The van der Waals surface area contributed by atoms with E-state index in [1.807, 2.05) is 0 Å². The van der Waals surface area contributed by atoms with Crippen molar-refractivity contribution in [3.8, 4) is 0 Å². The van der Waals surface area contributed by atoms with E-state index < -0.39 is 11.6 Å². The van der Waals surface area contributed by atoms with Gasteiger partial charge in [0.05, 0.1) is 0 Å². The summed E-state index contributed by atoms with van der Waals surface area (Å²) < 4.78 is 25.6. The molecule has 0 aliphatic carbocycles. The molecule has 0 bridgehead atoms. The van der Waals surface area contributed by atoms with Crippen molar-refractivity contribution in [3.05, 3.63) is 34.4 Å². The number of benzene rings is 1. The summed E-state index contributed by atoms with van der Waals surface area (Å²) in [5.41, 5.74) is 1.76. The van der Waals surface area contributed by atoms with Crippen molar-refractivity contribution in [2.45, 2.75) is 41.0 Å². The van der Waals surface area contributed by atoms with Crippen LogP contribution >= 0.6 is 0 Å². The van der Waals surface area contributed by atoms with Gasteiger partial charge >= 0.3 is 0 Å². The molecule has 0 aromatic heterocycles. The molecule has 0 spiro atoms. The minimum Gasteiger partial charge on any atom is -0.207 e. The SMILES string of the molecule is CCC.Cc1c(F)cc(F)c(C)c1C. The molecule has 0 atom stereocenters. The highest BCUT2D eigenvalue weighted by Gasteiger charge is 2.07. The fraction of sp³-hybridized carbons (Fsp3) is 0.500. The van der Waals surface area contributed by atoms with Crippen molar-refractivity contribution in [2.24, 2.45) is 0 Å². The summed E-state index contributed by atoms with van der Waals surface area (Å²) in [6.07, 6.45) is 1.25. The van der Waals surface area contributed by atoms with E-state index >= 15 is 0 Å². The minimum atomic E-state index is -0.467. The van der Waals surface area contributed by atoms with Crippen molar-refractivity contribution in [1.29, 1.82) is 0 Å². The standard InChI is InChI=1S/C9H10F2.C3H8/c1-5-6(2)8(10)4-9(11)7(5)3;1-3-2/h4H,1-3H3;3H2,1-2H3. The zero-order chi connectivity index (χ0) is 11.3. The second-order valence-electron chi connectivity index (χ2n) is 3.42. The van der Waals surface area contributed by atoms with E-state index in [-0.39, 0.29) is 0 Å². The molecular weight excluding hydrogens is 182 g/mol. The molecule has 0 aliphatic rings. The summed E-state index contributed by atoms with van der Waals surface area (Å²) in [7, 11) is 0. The Bertz CT molecular complexity index is 277. The summed E-state index contributed by atoms with van der Waals surface area (Å²) in [5.74, 6) is -0.934. The summed E-state index contributed by atoms with van der Waals surface area (Å²) in [6.45, 7) is 9.27. The lowest BCUT2D eigenvalue weighted by atomic mass is 10.0. The van der Waals surface area contributed by atoms with E-state index in [1.165, 1.54) is 6.42 Å². The van der Waals surface area contributed by atoms with Gasteiger partial charge in [0.1, 0.15) is 11.6 Å². The Hall–Kier alpha value is -0.920. The largest absolute Gasteiger partial charge is 0.207 e. The Morgan fingerprint density at radius 1 is 0.857 bits per heavy atom. The summed E-state index contributed by atoms with van der Waals surface area (Å²) in [4.78, 5) is 0. The van der Waals surface area contributed by atoms with Gasteiger partial charge in [0.15, 0.2) is 0 Å². The first-order valence-electron chi connectivity index (χ1n) is 4.87. The second-order valence-corrected chi connectivity index (χ2v) is 3.42. The first kappa shape index (κ1) is 13.1. The lowest BCUT2D eigenvalue weighted by Crippen LogP contribution is -1.94. The van der Waals surface area contributed by atoms with Crippen LogP contribution in [0.4, 0.5) is 8.78 Å². The molecule has 0 heterocycles. The van der Waals surface area contributed by atoms with E-state index in [0.717, 1.165) is 6.07 Å². The Kier molecular flexibility index (Phi) is 5.36. The van der Waals surface area contributed by atoms with Crippen LogP contribution in [0.2, 0.25) is 0 Å². The average Bonchev–Trinajstić information content (AvgIpc) is 2.13. The third kappa shape index (κ3) is 3.09. The van der Waals surface area contributed by atoms with Gasteiger partial charge in [-0.15, -0.1) is 0 Å². The van der Waals surface area contributed by atoms with Crippen LogP contribution in [0.3, 0.4) is 0 Å². The summed E-state index contributed by atoms with van der Waals surface area (Å²) >= 11 is 0. The third-order valence-corrected chi connectivity index (χ3v) is 2.09. The van der Waals surface area contributed by atoms with Crippen molar-refractivity contribution in [2.75, 3.05) is 0 Å². The molecule has 0 amide bonds. The summed E-state index contributed by atoms with van der Waals surface area (Å²) in [5, 5.41) is 0. The molecule has 0 saturated carbocycles. The van der Waals surface area contributed by atoms with Crippen LogP contribution in [0.15, 0.2) is 6.07 Å². The number of halogens is 2. The first-order chi connectivity index (χ1) is 6.45.